The first-order valence-corrected chi connectivity index (χ1v) is 13.5. The molecule has 6 rings (SSSR count). The second kappa shape index (κ2) is 11.7. The first-order chi connectivity index (χ1) is 20.2. The molecule has 200 valence electrons. The summed E-state index contributed by atoms with van der Waals surface area (Å²) in [5, 5.41) is 0. The van der Waals surface area contributed by atoms with Crippen LogP contribution in [-0.2, 0) is 0 Å². The third-order valence-corrected chi connectivity index (χ3v) is 6.70. The minimum atomic E-state index is 0.627. The molecule has 0 bridgehead atoms. The number of pyridine rings is 3. The topological polar surface area (TPSA) is 77.2 Å². The molecule has 6 heteroatoms. The fraction of sp³-hybridized carbons (Fsp3) is 0.0571. The number of nitrogen functional groups attached to an aromatic ring is 1. The van der Waals surface area contributed by atoms with E-state index >= 15 is 0 Å². The first kappa shape index (κ1) is 25.8. The lowest BCUT2D eigenvalue weighted by Crippen LogP contribution is -2.10. The highest BCUT2D eigenvalue weighted by Gasteiger charge is 2.14. The van der Waals surface area contributed by atoms with Gasteiger partial charge in [0.05, 0.1) is 29.4 Å². The van der Waals surface area contributed by atoms with Gasteiger partial charge in [-0.05, 0) is 115 Å². The van der Waals surface area contributed by atoms with Crippen LogP contribution in [0, 0.1) is 0 Å². The standard InChI is InChI=1S/C35H29N5O/c1-2-41-31-19-17-30(18-20-31)40(29-15-11-27(36)12-16-29)28-13-9-25(10-14-28)26-23-34(32-7-3-5-21-37-32)39-35(24-26)33-8-4-6-22-38-33/h3-24H,2,36H2,1H3. The number of hydrogen-bond donors (Lipinski definition) is 1. The van der Waals surface area contributed by atoms with Gasteiger partial charge in [0.15, 0.2) is 0 Å². The number of anilines is 4. The second-order valence-electron chi connectivity index (χ2n) is 9.46. The van der Waals surface area contributed by atoms with E-state index in [0.29, 0.717) is 6.61 Å². The van der Waals surface area contributed by atoms with Gasteiger partial charge in [0.25, 0.3) is 0 Å². The summed E-state index contributed by atoms with van der Waals surface area (Å²) < 4.78 is 5.67. The van der Waals surface area contributed by atoms with E-state index in [1.54, 1.807) is 12.4 Å². The molecule has 0 spiro atoms. The minimum absolute atomic E-state index is 0.627. The average Bonchev–Trinajstić information content (AvgIpc) is 3.04. The molecule has 0 aliphatic heterocycles. The molecule has 0 unspecified atom stereocenters. The Bertz CT molecular complexity index is 1660. The van der Waals surface area contributed by atoms with Crippen molar-refractivity contribution in [3.05, 3.63) is 134 Å². The summed E-state index contributed by atoms with van der Waals surface area (Å²) in [4.78, 5) is 16.2. The van der Waals surface area contributed by atoms with E-state index in [0.717, 1.165) is 62.4 Å². The van der Waals surface area contributed by atoms with Crippen LogP contribution in [0.3, 0.4) is 0 Å². The van der Waals surface area contributed by atoms with E-state index in [-0.39, 0.29) is 0 Å². The number of rotatable bonds is 8. The molecule has 6 nitrogen and oxygen atoms in total. The molecule has 0 saturated carbocycles. The van der Waals surface area contributed by atoms with Crippen molar-refractivity contribution < 1.29 is 4.74 Å². The normalized spacial score (nSPS) is 10.8. The lowest BCUT2D eigenvalue weighted by Gasteiger charge is -2.26. The molecule has 0 radical (unpaired) electrons. The fourth-order valence-corrected chi connectivity index (χ4v) is 4.72. The van der Waals surface area contributed by atoms with Crippen LogP contribution < -0.4 is 15.4 Å². The Morgan fingerprint density at radius 1 is 0.585 bits per heavy atom. The summed E-state index contributed by atoms with van der Waals surface area (Å²) in [6, 6.07) is 40.4. The summed E-state index contributed by atoms with van der Waals surface area (Å²) in [5.41, 5.74) is 15.1. The molecule has 0 aliphatic carbocycles. The number of nitrogens with zero attached hydrogens (tertiary/aromatic N) is 4. The van der Waals surface area contributed by atoms with Crippen molar-refractivity contribution in [1.82, 2.24) is 15.0 Å². The molecule has 2 N–H and O–H groups in total. The zero-order valence-electron chi connectivity index (χ0n) is 22.7. The summed E-state index contributed by atoms with van der Waals surface area (Å²) in [5.74, 6) is 0.842. The smallest absolute Gasteiger partial charge is 0.119 e. The largest absolute Gasteiger partial charge is 0.494 e. The van der Waals surface area contributed by atoms with E-state index in [9.17, 15) is 0 Å². The minimum Gasteiger partial charge on any atom is -0.494 e. The molecule has 0 aliphatic rings. The van der Waals surface area contributed by atoms with Crippen LogP contribution in [0.15, 0.2) is 134 Å². The van der Waals surface area contributed by atoms with Gasteiger partial charge in [-0.15, -0.1) is 0 Å². The van der Waals surface area contributed by atoms with Gasteiger partial charge in [0, 0.05) is 35.1 Å². The molecule has 3 aromatic heterocycles. The van der Waals surface area contributed by atoms with E-state index < -0.39 is 0 Å². The van der Waals surface area contributed by atoms with Crippen molar-refractivity contribution in [3.63, 3.8) is 0 Å². The van der Waals surface area contributed by atoms with Gasteiger partial charge < -0.3 is 15.4 Å². The first-order valence-electron chi connectivity index (χ1n) is 13.5. The van der Waals surface area contributed by atoms with E-state index in [4.69, 9.17) is 15.5 Å². The molecular formula is C35H29N5O. The van der Waals surface area contributed by atoms with Gasteiger partial charge >= 0.3 is 0 Å². The number of nitrogens with two attached hydrogens (primary N) is 1. The van der Waals surface area contributed by atoms with Gasteiger partial charge in [-0.2, -0.15) is 0 Å². The molecule has 0 fully saturated rings. The summed E-state index contributed by atoms with van der Waals surface area (Å²) in [6.45, 7) is 2.61. The molecule has 0 amide bonds. The Morgan fingerprint density at radius 3 is 1.59 bits per heavy atom. The maximum absolute atomic E-state index is 6.00. The van der Waals surface area contributed by atoms with Crippen LogP contribution in [-0.4, -0.2) is 21.6 Å². The Hall–Kier alpha value is -5.49. The van der Waals surface area contributed by atoms with E-state index in [1.807, 2.05) is 79.7 Å². The SMILES string of the molecule is CCOc1ccc(N(c2ccc(N)cc2)c2ccc(-c3cc(-c4ccccn4)nc(-c4ccccn4)c3)cc2)cc1. The molecule has 41 heavy (non-hydrogen) atoms. The Balaban J connectivity index is 1.41. The predicted octanol–water partition coefficient (Wildman–Crippen LogP) is 8.32. The van der Waals surface area contributed by atoms with Crippen LogP contribution in [0.4, 0.5) is 22.7 Å². The van der Waals surface area contributed by atoms with E-state index in [2.05, 4.69) is 63.4 Å². The summed E-state index contributed by atoms with van der Waals surface area (Å²) in [6.07, 6.45) is 3.57. The molecular weight excluding hydrogens is 506 g/mol. The van der Waals surface area contributed by atoms with Gasteiger partial charge in [-0.3, -0.25) is 9.97 Å². The maximum Gasteiger partial charge on any atom is 0.119 e. The van der Waals surface area contributed by atoms with Gasteiger partial charge in [0.1, 0.15) is 5.75 Å². The summed E-state index contributed by atoms with van der Waals surface area (Å²) >= 11 is 0. The Labute approximate surface area is 239 Å². The van der Waals surface area contributed by atoms with Crippen molar-refractivity contribution in [3.8, 4) is 39.7 Å². The lowest BCUT2D eigenvalue weighted by molar-refractivity contribution is 0.340. The third kappa shape index (κ3) is 5.77. The third-order valence-electron chi connectivity index (χ3n) is 6.70. The fourth-order valence-electron chi connectivity index (χ4n) is 4.72. The van der Waals surface area contributed by atoms with Crippen molar-refractivity contribution in [2.24, 2.45) is 0 Å². The molecule has 3 aromatic carbocycles. The second-order valence-corrected chi connectivity index (χ2v) is 9.46. The van der Waals surface area contributed by atoms with Crippen LogP contribution >= 0.6 is 0 Å². The zero-order chi connectivity index (χ0) is 28.0. The molecule has 3 heterocycles. The highest BCUT2D eigenvalue weighted by Crippen LogP contribution is 2.37. The monoisotopic (exact) mass is 535 g/mol. The number of ether oxygens (including phenoxy) is 1. The summed E-state index contributed by atoms with van der Waals surface area (Å²) in [7, 11) is 0. The van der Waals surface area contributed by atoms with Crippen molar-refractivity contribution in [1.29, 1.82) is 0 Å². The van der Waals surface area contributed by atoms with Crippen LogP contribution in [0.2, 0.25) is 0 Å². The van der Waals surface area contributed by atoms with Crippen LogP contribution in [0.25, 0.3) is 33.9 Å². The maximum atomic E-state index is 6.00. The van der Waals surface area contributed by atoms with Gasteiger partial charge in [-0.1, -0.05) is 24.3 Å². The number of benzene rings is 3. The van der Waals surface area contributed by atoms with Gasteiger partial charge in [0.2, 0.25) is 0 Å². The zero-order valence-corrected chi connectivity index (χ0v) is 22.7. The van der Waals surface area contributed by atoms with Crippen LogP contribution in [0.5, 0.6) is 5.75 Å². The number of aromatic nitrogens is 3. The van der Waals surface area contributed by atoms with Crippen molar-refractivity contribution in [2.45, 2.75) is 6.92 Å². The average molecular weight is 536 g/mol. The Morgan fingerprint density at radius 2 is 1.10 bits per heavy atom. The Kier molecular flexibility index (Phi) is 7.36. The van der Waals surface area contributed by atoms with E-state index in [1.165, 1.54) is 0 Å². The molecule has 0 atom stereocenters. The van der Waals surface area contributed by atoms with Gasteiger partial charge in [-0.25, -0.2) is 4.98 Å². The molecule has 0 saturated heterocycles. The predicted molar refractivity (Wildman–Crippen MR) is 166 cm³/mol. The lowest BCUT2D eigenvalue weighted by atomic mass is 10.0. The molecule has 6 aromatic rings. The van der Waals surface area contributed by atoms with Crippen LogP contribution in [0.1, 0.15) is 6.92 Å². The number of hydrogen-bond acceptors (Lipinski definition) is 6. The quantitative estimate of drug-likeness (QED) is 0.197. The van der Waals surface area contributed by atoms with Crippen molar-refractivity contribution >= 4 is 22.7 Å². The highest BCUT2D eigenvalue weighted by molar-refractivity contribution is 5.80. The van der Waals surface area contributed by atoms with Crippen molar-refractivity contribution in [2.75, 3.05) is 17.2 Å². The highest BCUT2D eigenvalue weighted by atomic mass is 16.5.